The highest BCUT2D eigenvalue weighted by Crippen LogP contribution is 2.39. The van der Waals surface area contributed by atoms with Gasteiger partial charge in [0.1, 0.15) is 11.5 Å². The molecule has 1 aliphatic rings. The van der Waals surface area contributed by atoms with Crippen LogP contribution in [0.3, 0.4) is 0 Å². The van der Waals surface area contributed by atoms with Crippen LogP contribution < -0.4 is 15.4 Å². The summed E-state index contributed by atoms with van der Waals surface area (Å²) in [5, 5.41) is 6.09. The van der Waals surface area contributed by atoms with Gasteiger partial charge in [-0.15, -0.1) is 0 Å². The van der Waals surface area contributed by atoms with Crippen molar-refractivity contribution in [3.8, 4) is 11.5 Å². The molecule has 2 aromatic carbocycles. The van der Waals surface area contributed by atoms with Crippen LogP contribution in [-0.2, 0) is 12.4 Å². The number of ether oxygens (including phenoxy) is 1. The molecule has 31 heavy (non-hydrogen) atoms. The third-order valence-corrected chi connectivity index (χ3v) is 4.83. The lowest BCUT2D eigenvalue weighted by Crippen LogP contribution is -2.43. The van der Waals surface area contributed by atoms with Gasteiger partial charge in [-0.2, -0.15) is 26.3 Å². The van der Waals surface area contributed by atoms with Crippen LogP contribution in [0.1, 0.15) is 40.7 Å². The van der Waals surface area contributed by atoms with Gasteiger partial charge < -0.3 is 15.4 Å². The quantitative estimate of drug-likeness (QED) is 0.606. The van der Waals surface area contributed by atoms with Gasteiger partial charge in [-0.25, -0.2) is 0 Å². The smallest absolute Gasteiger partial charge is 0.416 e. The first-order valence-corrected chi connectivity index (χ1v) is 9.61. The van der Waals surface area contributed by atoms with Gasteiger partial charge in [0.15, 0.2) is 0 Å². The second-order valence-electron chi connectivity index (χ2n) is 7.22. The third-order valence-electron chi connectivity index (χ3n) is 4.83. The number of benzene rings is 2. The van der Waals surface area contributed by atoms with Gasteiger partial charge in [-0.1, -0.05) is 6.42 Å². The summed E-state index contributed by atoms with van der Waals surface area (Å²) in [5.74, 6) is -0.946. The van der Waals surface area contributed by atoms with Crippen molar-refractivity contribution in [3.63, 3.8) is 0 Å². The minimum absolute atomic E-state index is 0.00190. The molecule has 168 valence electrons. The van der Waals surface area contributed by atoms with E-state index in [9.17, 15) is 31.1 Å². The highest BCUT2D eigenvalue weighted by molar-refractivity contribution is 5.94. The Bertz CT molecular complexity index is 871. The Labute approximate surface area is 174 Å². The molecule has 3 rings (SSSR count). The van der Waals surface area contributed by atoms with Gasteiger partial charge in [-0.05, 0) is 61.9 Å². The zero-order valence-electron chi connectivity index (χ0n) is 16.2. The summed E-state index contributed by atoms with van der Waals surface area (Å²) in [7, 11) is 0. The van der Waals surface area contributed by atoms with Crippen molar-refractivity contribution in [2.75, 3.05) is 13.1 Å². The second-order valence-corrected chi connectivity index (χ2v) is 7.22. The Morgan fingerprint density at radius 2 is 1.55 bits per heavy atom. The van der Waals surface area contributed by atoms with Crippen molar-refractivity contribution in [2.45, 2.75) is 37.7 Å². The molecule has 0 radical (unpaired) electrons. The standard InChI is InChI=1S/C21H20F6N2O2/c22-20(23,24)14-9-15(21(25,26)27)11-18(10-14)31-17-6-4-13(5-7-17)19(30)29-12-16-3-1-2-8-28-16/h4-7,9-11,16,28H,1-3,8,12H2,(H,29,30). The van der Waals surface area contributed by atoms with E-state index in [0.717, 1.165) is 25.8 Å². The summed E-state index contributed by atoms with van der Waals surface area (Å²) in [5.41, 5.74) is -2.64. The fourth-order valence-corrected chi connectivity index (χ4v) is 3.21. The predicted octanol–water partition coefficient (Wildman–Crippen LogP) is 5.39. The molecule has 0 bridgehead atoms. The fourth-order valence-electron chi connectivity index (χ4n) is 3.21. The molecule has 0 aromatic heterocycles. The van der Waals surface area contributed by atoms with Gasteiger partial charge in [0.25, 0.3) is 5.91 Å². The van der Waals surface area contributed by atoms with Crippen molar-refractivity contribution in [2.24, 2.45) is 0 Å². The summed E-state index contributed by atoms with van der Waals surface area (Å²) in [6, 6.07) is 6.60. The molecule has 4 nitrogen and oxygen atoms in total. The molecule has 1 atom stereocenters. The average molecular weight is 446 g/mol. The van der Waals surface area contributed by atoms with E-state index in [2.05, 4.69) is 10.6 Å². The van der Waals surface area contributed by atoms with Crippen LogP contribution in [0.25, 0.3) is 0 Å². The molecule has 1 heterocycles. The zero-order valence-corrected chi connectivity index (χ0v) is 16.2. The maximum absolute atomic E-state index is 13.0. The molecule has 0 spiro atoms. The Morgan fingerprint density at radius 1 is 0.935 bits per heavy atom. The van der Waals surface area contributed by atoms with Crippen molar-refractivity contribution < 1.29 is 35.9 Å². The van der Waals surface area contributed by atoms with Crippen molar-refractivity contribution in [1.82, 2.24) is 10.6 Å². The van der Waals surface area contributed by atoms with Crippen LogP contribution in [-0.4, -0.2) is 25.0 Å². The summed E-state index contributed by atoms with van der Waals surface area (Å²) in [4.78, 5) is 12.2. The SMILES string of the molecule is O=C(NCC1CCCCN1)c1ccc(Oc2cc(C(F)(F)F)cc(C(F)(F)F)c2)cc1. The molecule has 2 aromatic rings. The third kappa shape index (κ3) is 6.36. The largest absolute Gasteiger partial charge is 0.457 e. The molecular formula is C21H20F6N2O2. The molecule has 0 saturated carbocycles. The number of rotatable bonds is 5. The number of piperidine rings is 1. The summed E-state index contributed by atoms with van der Waals surface area (Å²) in [6.45, 7) is 1.36. The Kier molecular flexibility index (Phi) is 6.78. The Hall–Kier alpha value is -2.75. The van der Waals surface area contributed by atoms with E-state index in [1.54, 1.807) is 0 Å². The number of hydrogen-bond acceptors (Lipinski definition) is 3. The first-order valence-electron chi connectivity index (χ1n) is 9.61. The topological polar surface area (TPSA) is 50.4 Å². The number of nitrogens with one attached hydrogen (secondary N) is 2. The van der Waals surface area contributed by atoms with Gasteiger partial charge >= 0.3 is 12.4 Å². The number of amides is 1. The van der Waals surface area contributed by atoms with E-state index in [1.165, 1.54) is 24.3 Å². The van der Waals surface area contributed by atoms with E-state index < -0.39 is 29.2 Å². The highest BCUT2D eigenvalue weighted by Gasteiger charge is 2.37. The van der Waals surface area contributed by atoms with Crippen LogP contribution in [0, 0.1) is 0 Å². The molecule has 0 aliphatic carbocycles. The minimum atomic E-state index is -4.96. The molecular weight excluding hydrogens is 426 g/mol. The van der Waals surface area contributed by atoms with E-state index >= 15 is 0 Å². The molecule has 10 heteroatoms. The summed E-state index contributed by atoms with van der Waals surface area (Å²) < 4.78 is 82.9. The average Bonchev–Trinajstić information content (AvgIpc) is 2.72. The number of carbonyl (C=O) groups excluding carboxylic acids is 1. The lowest BCUT2D eigenvalue weighted by Gasteiger charge is -2.23. The first-order chi connectivity index (χ1) is 14.5. The first kappa shape index (κ1) is 22.9. The van der Waals surface area contributed by atoms with E-state index in [1.807, 2.05) is 0 Å². The number of alkyl halides is 6. The lowest BCUT2D eigenvalue weighted by molar-refractivity contribution is -0.143. The van der Waals surface area contributed by atoms with Gasteiger partial charge in [0, 0.05) is 18.2 Å². The van der Waals surface area contributed by atoms with E-state index in [-0.39, 0.29) is 23.8 Å². The minimum Gasteiger partial charge on any atom is -0.457 e. The fraction of sp³-hybridized carbons (Fsp3) is 0.381. The van der Waals surface area contributed by atoms with Crippen molar-refractivity contribution >= 4 is 5.91 Å². The second kappa shape index (κ2) is 9.17. The molecule has 1 fully saturated rings. The highest BCUT2D eigenvalue weighted by atomic mass is 19.4. The van der Waals surface area contributed by atoms with Crippen molar-refractivity contribution in [3.05, 3.63) is 59.2 Å². The lowest BCUT2D eigenvalue weighted by atomic mass is 10.1. The van der Waals surface area contributed by atoms with Crippen molar-refractivity contribution in [1.29, 1.82) is 0 Å². The Balaban J connectivity index is 1.69. The van der Waals surface area contributed by atoms with Gasteiger partial charge in [-0.3, -0.25) is 4.79 Å². The molecule has 2 N–H and O–H groups in total. The number of carbonyl (C=O) groups is 1. The predicted molar refractivity (Wildman–Crippen MR) is 101 cm³/mol. The van der Waals surface area contributed by atoms with Crippen LogP contribution in [0.4, 0.5) is 26.3 Å². The van der Waals surface area contributed by atoms with Crippen LogP contribution in [0.5, 0.6) is 11.5 Å². The van der Waals surface area contributed by atoms with Crippen LogP contribution >= 0.6 is 0 Å². The van der Waals surface area contributed by atoms with Gasteiger partial charge in [0.05, 0.1) is 11.1 Å². The Morgan fingerprint density at radius 3 is 2.06 bits per heavy atom. The number of halogens is 6. The molecule has 1 aliphatic heterocycles. The maximum Gasteiger partial charge on any atom is 0.416 e. The normalized spacial score (nSPS) is 17.3. The van der Waals surface area contributed by atoms with E-state index in [0.29, 0.717) is 24.2 Å². The summed E-state index contributed by atoms with van der Waals surface area (Å²) in [6.07, 6.45) is -6.78. The number of hydrogen-bond donors (Lipinski definition) is 2. The molecule has 1 amide bonds. The monoisotopic (exact) mass is 446 g/mol. The van der Waals surface area contributed by atoms with E-state index in [4.69, 9.17) is 4.74 Å². The molecule has 1 unspecified atom stereocenters. The zero-order chi connectivity index (χ0) is 22.6. The summed E-state index contributed by atoms with van der Waals surface area (Å²) >= 11 is 0. The molecule has 1 saturated heterocycles. The van der Waals surface area contributed by atoms with Crippen LogP contribution in [0.15, 0.2) is 42.5 Å². The van der Waals surface area contributed by atoms with Gasteiger partial charge in [0.2, 0.25) is 0 Å². The van der Waals surface area contributed by atoms with Crippen LogP contribution in [0.2, 0.25) is 0 Å². The maximum atomic E-state index is 13.0.